The lowest BCUT2D eigenvalue weighted by Crippen LogP contribution is -2.31. The van der Waals surface area contributed by atoms with Gasteiger partial charge in [0.1, 0.15) is 0 Å². The molecule has 92 valence electrons. The summed E-state index contributed by atoms with van der Waals surface area (Å²) in [5.41, 5.74) is 0. The zero-order valence-electron chi connectivity index (χ0n) is 9.55. The van der Waals surface area contributed by atoms with Crippen molar-refractivity contribution in [2.45, 2.75) is 25.8 Å². The van der Waals surface area contributed by atoms with E-state index < -0.39 is 5.97 Å². The molecule has 0 bridgehead atoms. The number of nitrogens with one attached hydrogen (secondary N) is 1. The second-order valence-corrected chi connectivity index (χ2v) is 4.67. The molecular formula is C12H15NO3S. The van der Waals surface area contributed by atoms with E-state index in [2.05, 4.69) is 5.32 Å². The number of amides is 1. The Morgan fingerprint density at radius 2 is 2.35 bits per heavy atom. The van der Waals surface area contributed by atoms with Crippen LogP contribution in [0, 0.1) is 0 Å². The number of hydrogen-bond acceptors (Lipinski definition) is 3. The Morgan fingerprint density at radius 3 is 2.94 bits per heavy atom. The third-order valence-electron chi connectivity index (χ3n) is 2.12. The number of aliphatic carboxylic acids is 1. The highest BCUT2D eigenvalue weighted by atomic mass is 32.1. The maximum atomic E-state index is 11.5. The van der Waals surface area contributed by atoms with Crippen molar-refractivity contribution in [1.82, 2.24) is 5.32 Å². The molecule has 1 rings (SSSR count). The van der Waals surface area contributed by atoms with E-state index >= 15 is 0 Å². The quantitative estimate of drug-likeness (QED) is 0.763. The van der Waals surface area contributed by atoms with Crippen LogP contribution >= 0.6 is 11.3 Å². The average Bonchev–Trinajstić information content (AvgIpc) is 2.76. The highest BCUT2D eigenvalue weighted by molar-refractivity contribution is 7.10. The second kappa shape index (κ2) is 6.85. The van der Waals surface area contributed by atoms with E-state index in [-0.39, 0.29) is 18.4 Å². The zero-order chi connectivity index (χ0) is 12.7. The predicted molar refractivity (Wildman–Crippen MR) is 67.8 cm³/mol. The van der Waals surface area contributed by atoms with Gasteiger partial charge in [0, 0.05) is 23.4 Å². The van der Waals surface area contributed by atoms with Crippen molar-refractivity contribution in [1.29, 1.82) is 0 Å². The summed E-state index contributed by atoms with van der Waals surface area (Å²) in [6.07, 6.45) is 3.71. The molecular weight excluding hydrogens is 238 g/mol. The summed E-state index contributed by atoms with van der Waals surface area (Å²) in [5.74, 6) is -1.04. The molecule has 2 N–H and O–H groups in total. The van der Waals surface area contributed by atoms with Gasteiger partial charge in [-0.1, -0.05) is 6.07 Å². The van der Waals surface area contributed by atoms with Crippen LogP contribution in [0.5, 0.6) is 0 Å². The fourth-order valence-electron chi connectivity index (χ4n) is 1.25. The molecule has 0 saturated heterocycles. The van der Waals surface area contributed by atoms with Crippen LogP contribution in [-0.4, -0.2) is 23.0 Å². The highest BCUT2D eigenvalue weighted by Gasteiger charge is 2.06. The molecule has 4 nitrogen and oxygen atoms in total. The molecule has 0 saturated carbocycles. The van der Waals surface area contributed by atoms with Crippen molar-refractivity contribution in [2.24, 2.45) is 0 Å². The Labute approximate surface area is 104 Å². The lowest BCUT2D eigenvalue weighted by atomic mass is 10.2. The van der Waals surface area contributed by atoms with Gasteiger partial charge in [-0.15, -0.1) is 11.3 Å². The third-order valence-corrected chi connectivity index (χ3v) is 2.96. The van der Waals surface area contributed by atoms with Gasteiger partial charge in [0.15, 0.2) is 0 Å². The predicted octanol–water partition coefficient (Wildman–Crippen LogP) is 2.13. The van der Waals surface area contributed by atoms with Gasteiger partial charge in [0.05, 0.1) is 0 Å². The van der Waals surface area contributed by atoms with E-state index in [9.17, 15) is 9.59 Å². The summed E-state index contributed by atoms with van der Waals surface area (Å²) >= 11 is 1.55. The largest absolute Gasteiger partial charge is 0.481 e. The van der Waals surface area contributed by atoms with Crippen LogP contribution in [0.1, 0.15) is 24.6 Å². The molecule has 0 aliphatic carbocycles. The van der Waals surface area contributed by atoms with E-state index in [1.54, 1.807) is 24.3 Å². The van der Waals surface area contributed by atoms with Gasteiger partial charge in [0.2, 0.25) is 5.91 Å². The van der Waals surface area contributed by atoms with Gasteiger partial charge in [-0.05, 0) is 30.9 Å². The maximum absolute atomic E-state index is 11.5. The Morgan fingerprint density at radius 1 is 1.59 bits per heavy atom. The minimum Gasteiger partial charge on any atom is -0.481 e. The van der Waals surface area contributed by atoms with E-state index in [4.69, 9.17) is 5.11 Å². The van der Waals surface area contributed by atoms with Gasteiger partial charge in [-0.2, -0.15) is 0 Å². The number of carboxylic acid groups (broad SMARTS) is 1. The first-order chi connectivity index (χ1) is 8.08. The molecule has 1 unspecified atom stereocenters. The number of hydrogen-bond donors (Lipinski definition) is 2. The minimum absolute atomic E-state index is 0.0656. The van der Waals surface area contributed by atoms with Crippen molar-refractivity contribution < 1.29 is 14.7 Å². The number of rotatable bonds is 6. The standard InChI is InChI=1S/C12H15NO3S/c1-9(4-7-12(15)16)13-11(14)6-5-10-3-2-8-17-10/h2-3,5-6,8-9H,4,7H2,1H3,(H,13,14)(H,15,16). The van der Waals surface area contributed by atoms with Crippen molar-refractivity contribution in [3.05, 3.63) is 28.5 Å². The molecule has 0 aliphatic heterocycles. The SMILES string of the molecule is CC(CCC(=O)O)NC(=O)C=Cc1cccs1. The first kappa shape index (κ1) is 13.4. The monoisotopic (exact) mass is 253 g/mol. The van der Waals surface area contributed by atoms with E-state index in [0.29, 0.717) is 6.42 Å². The van der Waals surface area contributed by atoms with Crippen molar-refractivity contribution >= 4 is 29.3 Å². The molecule has 1 aromatic rings. The van der Waals surface area contributed by atoms with Crippen LogP contribution in [0.4, 0.5) is 0 Å². The number of carboxylic acids is 1. The van der Waals surface area contributed by atoms with E-state index in [1.165, 1.54) is 6.08 Å². The van der Waals surface area contributed by atoms with Crippen LogP contribution in [0.25, 0.3) is 6.08 Å². The van der Waals surface area contributed by atoms with Crippen molar-refractivity contribution in [2.75, 3.05) is 0 Å². The summed E-state index contributed by atoms with van der Waals surface area (Å²) in [7, 11) is 0. The summed E-state index contributed by atoms with van der Waals surface area (Å²) in [4.78, 5) is 22.8. The van der Waals surface area contributed by atoms with Crippen LogP contribution < -0.4 is 5.32 Å². The van der Waals surface area contributed by atoms with E-state index in [0.717, 1.165) is 4.88 Å². The summed E-state index contributed by atoms with van der Waals surface area (Å²) in [5, 5.41) is 13.2. The van der Waals surface area contributed by atoms with Gasteiger partial charge in [-0.3, -0.25) is 9.59 Å². The molecule has 1 amide bonds. The fraction of sp³-hybridized carbons (Fsp3) is 0.333. The lowest BCUT2D eigenvalue weighted by Gasteiger charge is -2.10. The average molecular weight is 253 g/mol. The molecule has 0 aliphatic rings. The molecule has 0 fully saturated rings. The van der Waals surface area contributed by atoms with Crippen molar-refractivity contribution in [3.63, 3.8) is 0 Å². The summed E-state index contributed by atoms with van der Waals surface area (Å²) < 4.78 is 0. The lowest BCUT2D eigenvalue weighted by molar-refractivity contribution is -0.137. The van der Waals surface area contributed by atoms with E-state index in [1.807, 2.05) is 17.5 Å². The molecule has 1 heterocycles. The van der Waals surface area contributed by atoms with Crippen LogP contribution in [-0.2, 0) is 9.59 Å². The molecule has 0 aromatic carbocycles. The molecule has 1 aromatic heterocycles. The maximum Gasteiger partial charge on any atom is 0.303 e. The van der Waals surface area contributed by atoms with Gasteiger partial charge in [-0.25, -0.2) is 0 Å². The highest BCUT2D eigenvalue weighted by Crippen LogP contribution is 2.09. The molecule has 17 heavy (non-hydrogen) atoms. The smallest absolute Gasteiger partial charge is 0.303 e. The van der Waals surface area contributed by atoms with Crippen LogP contribution in [0.2, 0.25) is 0 Å². The normalized spacial score (nSPS) is 12.5. The Bertz CT molecular complexity index is 398. The minimum atomic E-state index is -0.847. The fourth-order valence-corrected chi connectivity index (χ4v) is 1.87. The Hall–Kier alpha value is -1.62. The molecule has 0 spiro atoms. The first-order valence-corrected chi connectivity index (χ1v) is 6.20. The third kappa shape index (κ3) is 5.87. The summed E-state index contributed by atoms with van der Waals surface area (Å²) in [6, 6.07) is 3.70. The van der Waals surface area contributed by atoms with Crippen LogP contribution in [0.15, 0.2) is 23.6 Å². The Balaban J connectivity index is 2.31. The van der Waals surface area contributed by atoms with Crippen molar-refractivity contribution in [3.8, 4) is 0 Å². The van der Waals surface area contributed by atoms with Gasteiger partial charge in [0.25, 0.3) is 0 Å². The molecule has 0 radical (unpaired) electrons. The van der Waals surface area contributed by atoms with Gasteiger partial charge < -0.3 is 10.4 Å². The van der Waals surface area contributed by atoms with Crippen LogP contribution in [0.3, 0.4) is 0 Å². The zero-order valence-corrected chi connectivity index (χ0v) is 10.4. The first-order valence-electron chi connectivity index (χ1n) is 5.32. The topological polar surface area (TPSA) is 66.4 Å². The second-order valence-electron chi connectivity index (χ2n) is 3.69. The van der Waals surface area contributed by atoms with Gasteiger partial charge >= 0.3 is 5.97 Å². The number of thiophene rings is 1. The summed E-state index contributed by atoms with van der Waals surface area (Å²) in [6.45, 7) is 1.79. The molecule has 5 heteroatoms. The number of carbonyl (C=O) groups is 2. The number of carbonyl (C=O) groups excluding carboxylic acids is 1. The Kier molecular flexibility index (Phi) is 5.42. The molecule has 1 atom stereocenters.